The molecule has 2 aromatic carbocycles. The second kappa shape index (κ2) is 5.54. The number of nitrogens with one attached hydrogen (secondary N) is 1. The van der Waals surface area contributed by atoms with E-state index < -0.39 is 11.6 Å². The van der Waals surface area contributed by atoms with E-state index in [1.165, 1.54) is 6.07 Å². The quantitative estimate of drug-likeness (QED) is 0.506. The van der Waals surface area contributed by atoms with Gasteiger partial charge < -0.3 is 5.32 Å². The number of anilines is 2. The number of halogens is 4. The molecule has 7 heteroatoms. The van der Waals surface area contributed by atoms with Gasteiger partial charge in [-0.3, -0.25) is 0 Å². The van der Waals surface area contributed by atoms with Gasteiger partial charge in [0.15, 0.2) is 0 Å². The van der Waals surface area contributed by atoms with Gasteiger partial charge in [0.2, 0.25) is 5.28 Å². The molecular weight excluding hydrogens is 364 g/mol. The Labute approximate surface area is 132 Å². The van der Waals surface area contributed by atoms with E-state index in [1.54, 1.807) is 12.1 Å². The van der Waals surface area contributed by atoms with Gasteiger partial charge in [0.25, 0.3) is 0 Å². The third-order valence-corrected chi connectivity index (χ3v) is 3.62. The number of benzene rings is 2. The Morgan fingerprint density at radius 3 is 2.62 bits per heavy atom. The normalized spacial score (nSPS) is 10.9. The summed E-state index contributed by atoms with van der Waals surface area (Å²) in [4.78, 5) is 8.14. The van der Waals surface area contributed by atoms with Crippen LogP contribution in [0, 0.1) is 11.6 Å². The number of fused-ring (bicyclic) bond motifs is 1. The summed E-state index contributed by atoms with van der Waals surface area (Å²) < 4.78 is 27.2. The fraction of sp³-hybridized carbons (Fsp3) is 0. The van der Waals surface area contributed by atoms with Crippen molar-refractivity contribution in [1.82, 2.24) is 9.97 Å². The van der Waals surface area contributed by atoms with Crippen LogP contribution in [0.1, 0.15) is 0 Å². The summed E-state index contributed by atoms with van der Waals surface area (Å²) in [5.41, 5.74) is 0.713. The summed E-state index contributed by atoms with van der Waals surface area (Å²) in [5.74, 6) is -1.05. The van der Waals surface area contributed by atoms with E-state index in [-0.39, 0.29) is 15.4 Å². The van der Waals surface area contributed by atoms with Crippen LogP contribution in [0.3, 0.4) is 0 Å². The van der Waals surface area contributed by atoms with Crippen LogP contribution >= 0.6 is 27.5 Å². The summed E-state index contributed by atoms with van der Waals surface area (Å²) in [6, 6.07) is 9.26. The van der Waals surface area contributed by atoms with Crippen LogP contribution in [-0.2, 0) is 0 Å². The van der Waals surface area contributed by atoms with Crippen molar-refractivity contribution in [3.8, 4) is 0 Å². The van der Waals surface area contributed by atoms with Crippen LogP contribution in [0.2, 0.25) is 5.28 Å². The molecule has 3 aromatic rings. The molecule has 0 aliphatic rings. The van der Waals surface area contributed by atoms with E-state index in [2.05, 4.69) is 31.2 Å². The second-order valence-corrected chi connectivity index (χ2v) is 5.42. The Kier molecular flexibility index (Phi) is 3.73. The van der Waals surface area contributed by atoms with Crippen molar-refractivity contribution in [2.45, 2.75) is 0 Å². The van der Waals surface area contributed by atoms with Crippen LogP contribution < -0.4 is 5.32 Å². The Balaban J connectivity index is 2.12. The minimum absolute atomic E-state index is 0.0396. The SMILES string of the molecule is Fc1cc(F)c(Nc2nc(Cl)nc3ccccc23)cc1Br. The van der Waals surface area contributed by atoms with Gasteiger partial charge in [-0.2, -0.15) is 4.98 Å². The third-order valence-electron chi connectivity index (χ3n) is 2.84. The van der Waals surface area contributed by atoms with Crippen LogP contribution in [0.5, 0.6) is 0 Å². The van der Waals surface area contributed by atoms with E-state index >= 15 is 0 Å². The van der Waals surface area contributed by atoms with Gasteiger partial charge in [-0.1, -0.05) is 12.1 Å². The minimum atomic E-state index is -0.727. The number of para-hydroxylation sites is 1. The van der Waals surface area contributed by atoms with Gasteiger partial charge in [0, 0.05) is 11.5 Å². The van der Waals surface area contributed by atoms with Crippen LogP contribution in [0.15, 0.2) is 40.9 Å². The molecule has 1 aromatic heterocycles. The van der Waals surface area contributed by atoms with Crippen molar-refractivity contribution >= 4 is 49.9 Å². The molecule has 0 unspecified atom stereocenters. The highest BCUT2D eigenvalue weighted by molar-refractivity contribution is 9.10. The van der Waals surface area contributed by atoms with E-state index in [1.807, 2.05) is 12.1 Å². The lowest BCUT2D eigenvalue weighted by molar-refractivity contribution is 0.581. The topological polar surface area (TPSA) is 37.8 Å². The summed E-state index contributed by atoms with van der Waals surface area (Å²) in [6.45, 7) is 0. The fourth-order valence-electron chi connectivity index (χ4n) is 1.89. The van der Waals surface area contributed by atoms with Gasteiger partial charge >= 0.3 is 0 Å². The van der Waals surface area contributed by atoms with Crippen LogP contribution in [0.4, 0.5) is 20.3 Å². The van der Waals surface area contributed by atoms with Crippen LogP contribution in [0.25, 0.3) is 10.9 Å². The molecule has 106 valence electrons. The summed E-state index contributed by atoms with van der Waals surface area (Å²) in [7, 11) is 0. The molecule has 0 atom stereocenters. The lowest BCUT2D eigenvalue weighted by Crippen LogP contribution is -2.00. The molecule has 3 nitrogen and oxygen atoms in total. The first-order chi connectivity index (χ1) is 10.0. The molecule has 0 fully saturated rings. The first-order valence-electron chi connectivity index (χ1n) is 5.88. The molecule has 21 heavy (non-hydrogen) atoms. The monoisotopic (exact) mass is 369 g/mol. The summed E-state index contributed by atoms with van der Waals surface area (Å²) in [6.07, 6.45) is 0. The number of hydrogen-bond acceptors (Lipinski definition) is 3. The van der Waals surface area contributed by atoms with Crippen molar-refractivity contribution in [2.75, 3.05) is 5.32 Å². The average molecular weight is 371 g/mol. The molecule has 0 saturated carbocycles. The van der Waals surface area contributed by atoms with Gasteiger partial charge in [-0.15, -0.1) is 0 Å². The molecule has 0 radical (unpaired) electrons. The van der Waals surface area contributed by atoms with Crippen molar-refractivity contribution in [1.29, 1.82) is 0 Å². The Hall–Kier alpha value is -1.79. The van der Waals surface area contributed by atoms with Gasteiger partial charge in [0.05, 0.1) is 15.7 Å². The third kappa shape index (κ3) is 2.82. The standard InChI is InChI=1S/C14H7BrClF2N3/c15-8-5-12(10(18)6-9(8)17)19-13-7-3-1-2-4-11(7)20-14(16)21-13/h1-6H,(H,19,20,21). The fourth-order valence-corrected chi connectivity index (χ4v) is 2.41. The highest BCUT2D eigenvalue weighted by Gasteiger charge is 2.12. The average Bonchev–Trinajstić information content (AvgIpc) is 2.44. The zero-order valence-corrected chi connectivity index (χ0v) is 12.7. The predicted octanol–water partition coefficient (Wildman–Crippen LogP) is 5.07. The predicted molar refractivity (Wildman–Crippen MR) is 81.9 cm³/mol. The first kappa shape index (κ1) is 14.2. The van der Waals surface area contributed by atoms with Crippen molar-refractivity contribution in [3.05, 3.63) is 57.8 Å². The number of aromatic nitrogens is 2. The second-order valence-electron chi connectivity index (χ2n) is 4.23. The molecule has 0 aliphatic carbocycles. The van der Waals surface area contributed by atoms with Gasteiger partial charge in [-0.05, 0) is 45.7 Å². The van der Waals surface area contributed by atoms with E-state index in [0.29, 0.717) is 16.7 Å². The largest absolute Gasteiger partial charge is 0.337 e. The Morgan fingerprint density at radius 2 is 1.81 bits per heavy atom. The Bertz CT molecular complexity index is 842. The first-order valence-corrected chi connectivity index (χ1v) is 7.05. The van der Waals surface area contributed by atoms with Crippen LogP contribution in [-0.4, -0.2) is 9.97 Å². The smallest absolute Gasteiger partial charge is 0.224 e. The van der Waals surface area contributed by atoms with Gasteiger partial charge in [0.1, 0.15) is 17.5 Å². The lowest BCUT2D eigenvalue weighted by atomic mass is 10.2. The lowest BCUT2D eigenvalue weighted by Gasteiger charge is -2.10. The maximum absolute atomic E-state index is 13.8. The number of rotatable bonds is 2. The molecule has 3 rings (SSSR count). The van der Waals surface area contributed by atoms with Crippen molar-refractivity contribution < 1.29 is 8.78 Å². The van der Waals surface area contributed by atoms with E-state index in [4.69, 9.17) is 11.6 Å². The molecule has 1 N–H and O–H groups in total. The highest BCUT2D eigenvalue weighted by Crippen LogP contribution is 2.29. The molecule has 0 saturated heterocycles. The number of hydrogen-bond donors (Lipinski definition) is 1. The molecule has 0 amide bonds. The maximum Gasteiger partial charge on any atom is 0.224 e. The van der Waals surface area contributed by atoms with E-state index in [9.17, 15) is 8.78 Å². The molecule has 0 spiro atoms. The number of nitrogens with zero attached hydrogens (tertiary/aromatic N) is 2. The minimum Gasteiger partial charge on any atom is -0.337 e. The van der Waals surface area contributed by atoms with Gasteiger partial charge in [-0.25, -0.2) is 13.8 Å². The summed E-state index contributed by atoms with van der Waals surface area (Å²) in [5, 5.41) is 3.54. The molecular formula is C14H7BrClF2N3. The Morgan fingerprint density at radius 1 is 1.05 bits per heavy atom. The van der Waals surface area contributed by atoms with Crippen molar-refractivity contribution in [3.63, 3.8) is 0 Å². The zero-order chi connectivity index (χ0) is 15.0. The molecule has 0 bridgehead atoms. The van der Waals surface area contributed by atoms with E-state index in [0.717, 1.165) is 6.07 Å². The molecule has 1 heterocycles. The molecule has 0 aliphatic heterocycles. The highest BCUT2D eigenvalue weighted by atomic mass is 79.9. The zero-order valence-electron chi connectivity index (χ0n) is 10.4. The van der Waals surface area contributed by atoms with Crippen molar-refractivity contribution in [2.24, 2.45) is 0 Å². The maximum atomic E-state index is 13.8. The summed E-state index contributed by atoms with van der Waals surface area (Å²) >= 11 is 8.88.